The number of pyridine rings is 1. The molecule has 1 fully saturated rings. The van der Waals surface area contributed by atoms with Gasteiger partial charge in [-0.25, -0.2) is 4.52 Å². The standard InChI is InChI=1S/C19H15N7S.C2H6/c1-11-24-25-19(27-11)15-10-21-17(7-16(15)23-13-2-3-13)18-5-4-14-6-12(8-20)9-22-26(14)18;1-2/h4-7,9-10,13H,2-3H2,1H3,(H,21,23);1-2H3. The van der Waals surface area contributed by atoms with Gasteiger partial charge in [0.15, 0.2) is 5.01 Å². The molecular weight excluding hydrogens is 382 g/mol. The first-order valence-electron chi connectivity index (χ1n) is 9.66. The van der Waals surface area contributed by atoms with Gasteiger partial charge in [0.2, 0.25) is 0 Å². The van der Waals surface area contributed by atoms with Crippen molar-refractivity contribution in [3.63, 3.8) is 0 Å². The van der Waals surface area contributed by atoms with Crippen LogP contribution in [0.2, 0.25) is 0 Å². The number of hydrogen-bond acceptors (Lipinski definition) is 7. The Morgan fingerprint density at radius 1 is 1.17 bits per heavy atom. The molecule has 1 N–H and O–H groups in total. The first kappa shape index (κ1) is 19.0. The minimum absolute atomic E-state index is 0.508. The Morgan fingerprint density at radius 3 is 2.69 bits per heavy atom. The fourth-order valence-electron chi connectivity index (χ4n) is 2.99. The second kappa shape index (κ2) is 7.97. The fraction of sp³-hybridized carbons (Fsp3) is 0.286. The van der Waals surface area contributed by atoms with Crippen LogP contribution in [-0.2, 0) is 0 Å². The van der Waals surface area contributed by atoms with Crippen molar-refractivity contribution in [1.29, 1.82) is 5.26 Å². The van der Waals surface area contributed by atoms with Gasteiger partial charge in [-0.05, 0) is 44.0 Å². The summed E-state index contributed by atoms with van der Waals surface area (Å²) in [6.07, 6.45) is 5.78. The van der Waals surface area contributed by atoms with Gasteiger partial charge >= 0.3 is 0 Å². The molecule has 0 aliphatic heterocycles. The van der Waals surface area contributed by atoms with Crippen LogP contribution in [0, 0.1) is 18.3 Å². The second-order valence-corrected chi connectivity index (χ2v) is 7.75. The number of rotatable bonds is 4. The maximum atomic E-state index is 9.06. The second-order valence-electron chi connectivity index (χ2n) is 6.57. The van der Waals surface area contributed by atoms with Gasteiger partial charge in [-0.1, -0.05) is 25.2 Å². The monoisotopic (exact) mass is 403 g/mol. The van der Waals surface area contributed by atoms with Crippen LogP contribution in [0.1, 0.15) is 37.3 Å². The Morgan fingerprint density at radius 2 is 2.00 bits per heavy atom. The van der Waals surface area contributed by atoms with E-state index in [1.807, 2.05) is 51.2 Å². The zero-order valence-corrected chi connectivity index (χ0v) is 17.4. The third kappa shape index (κ3) is 3.82. The first-order chi connectivity index (χ1) is 14.2. The number of aryl methyl sites for hydroxylation is 1. The van der Waals surface area contributed by atoms with Crippen molar-refractivity contribution in [1.82, 2.24) is 24.8 Å². The van der Waals surface area contributed by atoms with Crippen LogP contribution in [0.25, 0.3) is 27.5 Å². The average Bonchev–Trinajstić information content (AvgIpc) is 3.31. The molecule has 4 heterocycles. The summed E-state index contributed by atoms with van der Waals surface area (Å²) in [6, 6.07) is 10.4. The molecule has 0 radical (unpaired) electrons. The van der Waals surface area contributed by atoms with Gasteiger partial charge < -0.3 is 5.32 Å². The molecule has 0 saturated heterocycles. The van der Waals surface area contributed by atoms with E-state index < -0.39 is 0 Å². The molecule has 1 aliphatic carbocycles. The van der Waals surface area contributed by atoms with E-state index in [0.29, 0.717) is 11.6 Å². The molecular formula is C21H21N7S. The minimum Gasteiger partial charge on any atom is -0.382 e. The molecule has 4 aromatic heterocycles. The van der Waals surface area contributed by atoms with E-state index >= 15 is 0 Å². The maximum Gasteiger partial charge on any atom is 0.151 e. The summed E-state index contributed by atoms with van der Waals surface area (Å²) in [7, 11) is 0. The summed E-state index contributed by atoms with van der Waals surface area (Å²) in [5.74, 6) is 0. The van der Waals surface area contributed by atoms with Crippen molar-refractivity contribution in [2.45, 2.75) is 39.7 Å². The highest BCUT2D eigenvalue weighted by Gasteiger charge is 2.24. The largest absolute Gasteiger partial charge is 0.382 e. The first-order valence-corrected chi connectivity index (χ1v) is 10.5. The Balaban J connectivity index is 0.000000994. The summed E-state index contributed by atoms with van der Waals surface area (Å²) in [6.45, 7) is 5.95. The lowest BCUT2D eigenvalue weighted by molar-refractivity contribution is 0.939. The molecule has 8 heteroatoms. The zero-order chi connectivity index (χ0) is 20.4. The SMILES string of the molecule is CC.Cc1nnc(-c2cnc(-c3ccc4cc(C#N)cnn34)cc2NC2CC2)s1. The molecule has 0 bridgehead atoms. The number of nitriles is 1. The molecule has 0 amide bonds. The molecule has 146 valence electrons. The summed E-state index contributed by atoms with van der Waals surface area (Å²) in [5.41, 5.74) is 5.09. The van der Waals surface area contributed by atoms with E-state index in [4.69, 9.17) is 5.26 Å². The minimum atomic E-state index is 0.508. The van der Waals surface area contributed by atoms with Gasteiger partial charge in [-0.15, -0.1) is 10.2 Å². The van der Waals surface area contributed by atoms with Crippen molar-refractivity contribution in [2.75, 3.05) is 5.32 Å². The number of hydrogen-bond donors (Lipinski definition) is 1. The predicted octanol–water partition coefficient (Wildman–Crippen LogP) is 4.70. The van der Waals surface area contributed by atoms with Crippen LogP contribution in [0.4, 0.5) is 5.69 Å². The molecule has 4 aromatic rings. The lowest BCUT2D eigenvalue weighted by Crippen LogP contribution is -2.04. The van der Waals surface area contributed by atoms with E-state index in [-0.39, 0.29) is 0 Å². The molecule has 29 heavy (non-hydrogen) atoms. The molecule has 5 rings (SSSR count). The molecule has 1 saturated carbocycles. The van der Waals surface area contributed by atoms with Crippen LogP contribution >= 0.6 is 11.3 Å². The lowest BCUT2D eigenvalue weighted by atomic mass is 10.2. The number of fused-ring (bicyclic) bond motifs is 1. The quantitative estimate of drug-likeness (QED) is 0.531. The van der Waals surface area contributed by atoms with E-state index in [0.717, 1.165) is 38.2 Å². The number of nitrogens with one attached hydrogen (secondary N) is 1. The van der Waals surface area contributed by atoms with Crippen molar-refractivity contribution >= 4 is 22.5 Å². The third-order valence-corrected chi connectivity index (χ3v) is 5.36. The predicted molar refractivity (Wildman–Crippen MR) is 115 cm³/mol. The van der Waals surface area contributed by atoms with Crippen molar-refractivity contribution in [3.05, 3.63) is 47.2 Å². The molecule has 0 aromatic carbocycles. The van der Waals surface area contributed by atoms with Crippen LogP contribution in [0.5, 0.6) is 0 Å². The third-order valence-electron chi connectivity index (χ3n) is 4.49. The van der Waals surface area contributed by atoms with Gasteiger partial charge in [-0.3, -0.25) is 4.98 Å². The Kier molecular flexibility index (Phi) is 5.23. The van der Waals surface area contributed by atoms with Gasteiger partial charge in [0, 0.05) is 17.9 Å². The molecule has 0 atom stereocenters. The Hall–Kier alpha value is -3.31. The Labute approximate surface area is 173 Å². The number of anilines is 1. The van der Waals surface area contributed by atoms with Crippen LogP contribution in [0.15, 0.2) is 36.7 Å². The van der Waals surface area contributed by atoms with Crippen molar-refractivity contribution in [3.8, 4) is 28.0 Å². The number of aromatic nitrogens is 5. The highest BCUT2D eigenvalue weighted by atomic mass is 32.1. The molecule has 0 unspecified atom stereocenters. The van der Waals surface area contributed by atoms with Gasteiger partial charge in [-0.2, -0.15) is 10.4 Å². The number of nitrogens with zero attached hydrogens (tertiary/aromatic N) is 6. The van der Waals surface area contributed by atoms with E-state index in [9.17, 15) is 0 Å². The van der Waals surface area contributed by atoms with Crippen LogP contribution in [0.3, 0.4) is 0 Å². The van der Waals surface area contributed by atoms with Crippen molar-refractivity contribution < 1.29 is 0 Å². The van der Waals surface area contributed by atoms with E-state index in [1.165, 1.54) is 12.8 Å². The topological polar surface area (TPSA) is 91.8 Å². The van der Waals surface area contributed by atoms with E-state index in [2.05, 4.69) is 31.7 Å². The molecule has 0 spiro atoms. The average molecular weight is 404 g/mol. The maximum absolute atomic E-state index is 9.06. The van der Waals surface area contributed by atoms with Crippen LogP contribution < -0.4 is 5.32 Å². The van der Waals surface area contributed by atoms with E-state index in [1.54, 1.807) is 22.0 Å². The summed E-state index contributed by atoms with van der Waals surface area (Å²) >= 11 is 1.56. The highest BCUT2D eigenvalue weighted by Crippen LogP contribution is 2.36. The smallest absolute Gasteiger partial charge is 0.151 e. The summed E-state index contributed by atoms with van der Waals surface area (Å²) in [4.78, 5) is 4.66. The fourth-order valence-corrected chi connectivity index (χ4v) is 3.71. The Bertz CT molecular complexity index is 1200. The van der Waals surface area contributed by atoms with Crippen molar-refractivity contribution in [2.24, 2.45) is 0 Å². The lowest BCUT2D eigenvalue weighted by Gasteiger charge is -2.11. The highest BCUT2D eigenvalue weighted by molar-refractivity contribution is 7.14. The molecule has 7 nitrogen and oxygen atoms in total. The normalized spacial score (nSPS) is 12.9. The summed E-state index contributed by atoms with van der Waals surface area (Å²) < 4.78 is 1.80. The van der Waals surface area contributed by atoms with Gasteiger partial charge in [0.05, 0.1) is 34.2 Å². The summed E-state index contributed by atoms with van der Waals surface area (Å²) in [5, 5.41) is 27.2. The van der Waals surface area contributed by atoms with Gasteiger partial charge in [0.1, 0.15) is 11.1 Å². The van der Waals surface area contributed by atoms with Gasteiger partial charge in [0.25, 0.3) is 0 Å². The zero-order valence-electron chi connectivity index (χ0n) is 16.5. The molecule has 1 aliphatic rings. The van der Waals surface area contributed by atoms with Crippen LogP contribution in [-0.4, -0.2) is 30.8 Å².